The highest BCUT2D eigenvalue weighted by Gasteiger charge is 2.15. The summed E-state index contributed by atoms with van der Waals surface area (Å²) in [7, 11) is 0. The highest BCUT2D eigenvalue weighted by molar-refractivity contribution is 6.30. The minimum atomic E-state index is -0.450. The third kappa shape index (κ3) is 3.82. The number of benzene rings is 1. The van der Waals surface area contributed by atoms with E-state index in [2.05, 4.69) is 15.5 Å². The Morgan fingerprint density at radius 2 is 2.05 bits per heavy atom. The number of H-pyrrole nitrogens is 1. The summed E-state index contributed by atoms with van der Waals surface area (Å²) in [4.78, 5) is 11.9. The lowest BCUT2D eigenvalue weighted by Crippen LogP contribution is -2.45. The molecule has 5 nitrogen and oxygen atoms in total. The second-order valence-electron chi connectivity index (χ2n) is 5.35. The lowest BCUT2D eigenvalue weighted by atomic mass is 10.1. The number of amides is 1. The Morgan fingerprint density at radius 3 is 2.65 bits per heavy atom. The number of nitrogens with two attached hydrogens (primary N) is 1. The van der Waals surface area contributed by atoms with Crippen LogP contribution in [0.2, 0.25) is 5.02 Å². The van der Waals surface area contributed by atoms with Crippen molar-refractivity contribution in [2.45, 2.75) is 19.4 Å². The number of nitrogens with zero attached hydrogens (tertiary/aromatic N) is 1. The minimum absolute atomic E-state index is 0.226. The summed E-state index contributed by atoms with van der Waals surface area (Å²) in [6.07, 6.45) is 0. The molecule has 2 rings (SSSR count). The Bertz CT molecular complexity index is 598. The lowest BCUT2D eigenvalue weighted by Gasteiger charge is -2.18. The normalized spacial score (nSPS) is 11.4. The predicted molar refractivity (Wildman–Crippen MR) is 79.6 cm³/mol. The molecule has 1 amide bonds. The molecule has 0 saturated heterocycles. The molecule has 0 unspecified atom stereocenters. The molecule has 0 aliphatic heterocycles. The van der Waals surface area contributed by atoms with Crippen LogP contribution in [0.3, 0.4) is 0 Å². The maximum absolute atomic E-state index is 11.9. The second-order valence-corrected chi connectivity index (χ2v) is 5.78. The van der Waals surface area contributed by atoms with Crippen LogP contribution in [0.5, 0.6) is 0 Å². The zero-order chi connectivity index (χ0) is 14.8. The van der Waals surface area contributed by atoms with Gasteiger partial charge in [0.2, 0.25) is 0 Å². The first kappa shape index (κ1) is 14.6. The quantitative estimate of drug-likeness (QED) is 0.808. The van der Waals surface area contributed by atoms with Crippen molar-refractivity contribution in [2.24, 2.45) is 5.73 Å². The maximum atomic E-state index is 11.9. The van der Waals surface area contributed by atoms with Crippen LogP contribution in [-0.2, 0) is 0 Å². The van der Waals surface area contributed by atoms with Gasteiger partial charge >= 0.3 is 0 Å². The molecular formula is C14H17ClN4O. The molecule has 4 N–H and O–H groups in total. The van der Waals surface area contributed by atoms with E-state index < -0.39 is 5.54 Å². The molecular weight excluding hydrogens is 276 g/mol. The van der Waals surface area contributed by atoms with E-state index >= 15 is 0 Å². The highest BCUT2D eigenvalue weighted by Crippen LogP contribution is 2.20. The Kier molecular flexibility index (Phi) is 4.11. The molecule has 6 heteroatoms. The summed E-state index contributed by atoms with van der Waals surface area (Å²) < 4.78 is 0. The van der Waals surface area contributed by atoms with E-state index in [-0.39, 0.29) is 5.91 Å². The number of hydrogen-bond acceptors (Lipinski definition) is 3. The van der Waals surface area contributed by atoms with E-state index in [1.54, 1.807) is 18.2 Å². The summed E-state index contributed by atoms with van der Waals surface area (Å²) in [5.41, 5.74) is 7.36. The van der Waals surface area contributed by atoms with Crippen molar-refractivity contribution in [3.05, 3.63) is 41.0 Å². The molecule has 0 spiro atoms. The van der Waals surface area contributed by atoms with Crippen LogP contribution >= 0.6 is 11.6 Å². The number of aromatic amines is 1. The van der Waals surface area contributed by atoms with Gasteiger partial charge in [0.1, 0.15) is 5.69 Å². The fourth-order valence-electron chi connectivity index (χ4n) is 1.61. The average Bonchev–Trinajstić information content (AvgIpc) is 2.85. The summed E-state index contributed by atoms with van der Waals surface area (Å²) in [5.74, 6) is -0.226. The van der Waals surface area contributed by atoms with Gasteiger partial charge < -0.3 is 11.1 Å². The van der Waals surface area contributed by atoms with Gasteiger partial charge in [-0.05, 0) is 32.0 Å². The maximum Gasteiger partial charge on any atom is 0.269 e. The minimum Gasteiger partial charge on any atom is -0.349 e. The van der Waals surface area contributed by atoms with Crippen molar-refractivity contribution in [2.75, 3.05) is 6.54 Å². The van der Waals surface area contributed by atoms with E-state index in [1.807, 2.05) is 26.0 Å². The van der Waals surface area contributed by atoms with E-state index in [9.17, 15) is 4.79 Å². The number of aromatic nitrogens is 2. The first-order chi connectivity index (χ1) is 9.35. The van der Waals surface area contributed by atoms with Gasteiger partial charge in [-0.25, -0.2) is 0 Å². The SMILES string of the molecule is CC(C)(N)CNC(=O)c1cc(-c2ccc(Cl)cc2)n[nH]1. The van der Waals surface area contributed by atoms with Gasteiger partial charge in [0, 0.05) is 22.7 Å². The van der Waals surface area contributed by atoms with Crippen LogP contribution in [0.4, 0.5) is 0 Å². The number of carbonyl (C=O) groups is 1. The number of rotatable bonds is 4. The van der Waals surface area contributed by atoms with Crippen molar-refractivity contribution in [1.29, 1.82) is 0 Å². The van der Waals surface area contributed by atoms with E-state index in [4.69, 9.17) is 17.3 Å². The molecule has 1 aromatic carbocycles. The number of halogens is 1. The van der Waals surface area contributed by atoms with Gasteiger partial charge in [-0.2, -0.15) is 5.10 Å². The molecule has 20 heavy (non-hydrogen) atoms. The molecule has 106 valence electrons. The van der Waals surface area contributed by atoms with Crippen LogP contribution in [0.1, 0.15) is 24.3 Å². The van der Waals surface area contributed by atoms with Crippen molar-refractivity contribution in [3.63, 3.8) is 0 Å². The van der Waals surface area contributed by atoms with Gasteiger partial charge in [0.15, 0.2) is 0 Å². The standard InChI is InChI=1S/C14H17ClN4O/c1-14(2,16)8-17-13(20)12-7-11(18-19-12)9-3-5-10(15)6-4-9/h3-7H,8,16H2,1-2H3,(H,17,20)(H,18,19). The summed E-state index contributed by atoms with van der Waals surface area (Å²) in [6, 6.07) is 8.96. The fraction of sp³-hybridized carbons (Fsp3) is 0.286. The number of hydrogen-bond donors (Lipinski definition) is 3. The van der Waals surface area contributed by atoms with Gasteiger partial charge in [-0.3, -0.25) is 9.89 Å². The van der Waals surface area contributed by atoms with E-state index in [0.29, 0.717) is 23.0 Å². The van der Waals surface area contributed by atoms with Gasteiger partial charge in [-0.15, -0.1) is 0 Å². The zero-order valence-electron chi connectivity index (χ0n) is 11.4. The fourth-order valence-corrected chi connectivity index (χ4v) is 1.74. The summed E-state index contributed by atoms with van der Waals surface area (Å²) in [5, 5.41) is 10.3. The van der Waals surface area contributed by atoms with Gasteiger partial charge in [0.05, 0.1) is 5.69 Å². The zero-order valence-corrected chi connectivity index (χ0v) is 12.2. The number of carbonyl (C=O) groups excluding carboxylic acids is 1. The van der Waals surface area contributed by atoms with Crippen LogP contribution in [0.25, 0.3) is 11.3 Å². The molecule has 2 aromatic rings. The topological polar surface area (TPSA) is 83.8 Å². The molecule has 0 aliphatic carbocycles. The van der Waals surface area contributed by atoms with Crippen molar-refractivity contribution in [3.8, 4) is 11.3 Å². The van der Waals surface area contributed by atoms with Crippen LogP contribution in [0.15, 0.2) is 30.3 Å². The lowest BCUT2D eigenvalue weighted by molar-refractivity contribution is 0.0941. The first-order valence-electron chi connectivity index (χ1n) is 6.23. The van der Waals surface area contributed by atoms with Crippen molar-refractivity contribution in [1.82, 2.24) is 15.5 Å². The van der Waals surface area contributed by atoms with E-state index in [1.165, 1.54) is 0 Å². The highest BCUT2D eigenvalue weighted by atomic mass is 35.5. The molecule has 0 bridgehead atoms. The number of nitrogens with one attached hydrogen (secondary N) is 2. The molecule has 0 radical (unpaired) electrons. The largest absolute Gasteiger partial charge is 0.349 e. The smallest absolute Gasteiger partial charge is 0.269 e. The Morgan fingerprint density at radius 1 is 1.40 bits per heavy atom. The molecule has 0 atom stereocenters. The third-order valence-corrected chi connectivity index (χ3v) is 2.92. The summed E-state index contributed by atoms with van der Waals surface area (Å²) in [6.45, 7) is 4.08. The Hall–Kier alpha value is -1.85. The van der Waals surface area contributed by atoms with Crippen molar-refractivity contribution >= 4 is 17.5 Å². The Balaban J connectivity index is 2.09. The van der Waals surface area contributed by atoms with Gasteiger partial charge in [-0.1, -0.05) is 23.7 Å². The molecule has 1 aromatic heterocycles. The molecule has 0 aliphatic rings. The Labute approximate surface area is 122 Å². The predicted octanol–water partition coefficient (Wildman–Crippen LogP) is 2.20. The molecule has 0 saturated carbocycles. The van der Waals surface area contributed by atoms with Crippen LogP contribution in [-0.4, -0.2) is 28.2 Å². The van der Waals surface area contributed by atoms with Gasteiger partial charge in [0.25, 0.3) is 5.91 Å². The van der Waals surface area contributed by atoms with Crippen molar-refractivity contribution < 1.29 is 4.79 Å². The first-order valence-corrected chi connectivity index (χ1v) is 6.61. The summed E-state index contributed by atoms with van der Waals surface area (Å²) >= 11 is 5.83. The molecule has 0 fully saturated rings. The van der Waals surface area contributed by atoms with Crippen LogP contribution < -0.4 is 11.1 Å². The third-order valence-electron chi connectivity index (χ3n) is 2.67. The van der Waals surface area contributed by atoms with Crippen LogP contribution in [0, 0.1) is 0 Å². The monoisotopic (exact) mass is 292 g/mol. The van der Waals surface area contributed by atoms with E-state index in [0.717, 1.165) is 5.56 Å². The molecule has 1 heterocycles. The average molecular weight is 293 g/mol. The second kappa shape index (κ2) is 5.64.